The lowest BCUT2D eigenvalue weighted by Gasteiger charge is -2.07. The summed E-state index contributed by atoms with van der Waals surface area (Å²) in [4.78, 5) is 23.9. The molecule has 0 radical (unpaired) electrons. The minimum absolute atomic E-state index is 0.134. The molecule has 2 N–H and O–H groups in total. The van der Waals surface area contributed by atoms with Crippen molar-refractivity contribution in [2.45, 2.75) is 6.92 Å². The second kappa shape index (κ2) is 6.75. The number of hydrogen-bond donors (Lipinski definition) is 2. The summed E-state index contributed by atoms with van der Waals surface area (Å²) in [6.45, 7) is 1.80. The fraction of sp³-hybridized carbons (Fsp3) is 0.267. The molecule has 0 aliphatic rings. The molecular weight excluding hydrogens is 284 g/mol. The summed E-state index contributed by atoms with van der Waals surface area (Å²) in [6.07, 6.45) is 1.53. The van der Waals surface area contributed by atoms with Crippen molar-refractivity contribution in [3.8, 4) is 5.88 Å². The number of carbonyl (C=O) groups excluding carboxylic acids is 2. The van der Waals surface area contributed by atoms with E-state index in [2.05, 4.69) is 15.7 Å². The first-order valence-electron chi connectivity index (χ1n) is 6.72. The Morgan fingerprint density at radius 3 is 2.82 bits per heavy atom. The van der Waals surface area contributed by atoms with E-state index in [0.29, 0.717) is 5.69 Å². The smallest absolute Gasteiger partial charge is 0.258 e. The number of carbonyl (C=O) groups is 2. The van der Waals surface area contributed by atoms with E-state index in [1.807, 2.05) is 25.1 Å². The molecule has 2 amide bonds. The quantitative estimate of drug-likeness (QED) is 0.866. The maximum absolute atomic E-state index is 12.0. The van der Waals surface area contributed by atoms with E-state index in [0.717, 1.165) is 5.56 Å². The van der Waals surface area contributed by atoms with Crippen LogP contribution in [0, 0.1) is 6.92 Å². The normalized spacial score (nSPS) is 10.1. The zero-order valence-electron chi connectivity index (χ0n) is 12.7. The number of benzene rings is 1. The van der Waals surface area contributed by atoms with Crippen LogP contribution in [-0.4, -0.2) is 35.2 Å². The number of hydrogen-bond acceptors (Lipinski definition) is 4. The lowest BCUT2D eigenvalue weighted by Crippen LogP contribution is -2.32. The van der Waals surface area contributed by atoms with E-state index >= 15 is 0 Å². The monoisotopic (exact) mass is 302 g/mol. The van der Waals surface area contributed by atoms with Crippen molar-refractivity contribution in [2.24, 2.45) is 7.05 Å². The van der Waals surface area contributed by atoms with Crippen LogP contribution in [0.3, 0.4) is 0 Å². The maximum atomic E-state index is 12.0. The van der Waals surface area contributed by atoms with Crippen LogP contribution in [0.2, 0.25) is 0 Å². The Balaban J connectivity index is 1.92. The predicted molar refractivity (Wildman–Crippen MR) is 81.9 cm³/mol. The minimum Gasteiger partial charge on any atom is -0.479 e. The highest BCUT2D eigenvalue weighted by Crippen LogP contribution is 2.14. The molecular formula is C15H18N4O3. The Labute approximate surface area is 128 Å². The molecule has 2 aromatic rings. The van der Waals surface area contributed by atoms with Crippen LogP contribution >= 0.6 is 0 Å². The molecule has 1 aromatic heterocycles. The highest BCUT2D eigenvalue weighted by Gasteiger charge is 2.16. The molecule has 0 unspecified atom stereocenters. The Morgan fingerprint density at radius 2 is 2.14 bits per heavy atom. The van der Waals surface area contributed by atoms with E-state index in [-0.39, 0.29) is 23.9 Å². The standard InChI is InChI=1S/C15H18N4O3/c1-10-5-4-6-11(7-10)17-13(20)8-16-14(21)12-9-19(2)18-15(12)22-3/h4-7,9H,8H2,1-3H3,(H,16,21)(H,17,20). The fourth-order valence-electron chi connectivity index (χ4n) is 1.96. The van der Waals surface area contributed by atoms with Crippen molar-refractivity contribution >= 4 is 17.5 Å². The second-order valence-corrected chi connectivity index (χ2v) is 4.83. The van der Waals surface area contributed by atoms with Gasteiger partial charge in [-0.2, -0.15) is 0 Å². The van der Waals surface area contributed by atoms with E-state index in [9.17, 15) is 9.59 Å². The number of nitrogens with zero attached hydrogens (tertiary/aromatic N) is 2. The molecule has 2 rings (SSSR count). The number of ether oxygens (including phenoxy) is 1. The lowest BCUT2D eigenvalue weighted by molar-refractivity contribution is -0.115. The molecule has 0 aliphatic heterocycles. The number of aryl methyl sites for hydroxylation is 2. The van der Waals surface area contributed by atoms with Gasteiger partial charge in [-0.1, -0.05) is 12.1 Å². The highest BCUT2D eigenvalue weighted by atomic mass is 16.5. The van der Waals surface area contributed by atoms with Gasteiger partial charge in [-0.05, 0) is 24.6 Å². The Kier molecular flexibility index (Phi) is 4.77. The van der Waals surface area contributed by atoms with Gasteiger partial charge in [0.05, 0.1) is 13.7 Å². The van der Waals surface area contributed by atoms with Crippen LogP contribution in [0.15, 0.2) is 30.5 Å². The van der Waals surface area contributed by atoms with Crippen molar-refractivity contribution in [1.29, 1.82) is 0 Å². The summed E-state index contributed by atoms with van der Waals surface area (Å²) in [5.41, 5.74) is 2.02. The summed E-state index contributed by atoms with van der Waals surface area (Å²) >= 11 is 0. The summed E-state index contributed by atoms with van der Waals surface area (Å²) in [5, 5.41) is 9.24. The maximum Gasteiger partial charge on any atom is 0.258 e. The lowest BCUT2D eigenvalue weighted by atomic mass is 10.2. The van der Waals surface area contributed by atoms with Crippen LogP contribution in [0.1, 0.15) is 15.9 Å². The number of anilines is 1. The molecule has 0 bridgehead atoms. The van der Waals surface area contributed by atoms with Crippen LogP contribution < -0.4 is 15.4 Å². The molecule has 0 fully saturated rings. The van der Waals surface area contributed by atoms with Gasteiger partial charge in [0.15, 0.2) is 0 Å². The minimum atomic E-state index is -0.413. The molecule has 1 aromatic carbocycles. The number of methoxy groups -OCH3 is 1. The molecule has 116 valence electrons. The van der Waals surface area contributed by atoms with Gasteiger partial charge in [-0.15, -0.1) is 5.10 Å². The third-order valence-corrected chi connectivity index (χ3v) is 2.94. The van der Waals surface area contributed by atoms with Gasteiger partial charge < -0.3 is 15.4 Å². The van der Waals surface area contributed by atoms with Crippen LogP contribution in [0.25, 0.3) is 0 Å². The first-order chi connectivity index (χ1) is 10.5. The molecule has 0 atom stereocenters. The zero-order chi connectivity index (χ0) is 16.1. The summed E-state index contributed by atoms with van der Waals surface area (Å²) < 4.78 is 6.48. The van der Waals surface area contributed by atoms with Crippen molar-refractivity contribution in [2.75, 3.05) is 19.0 Å². The number of amides is 2. The van der Waals surface area contributed by atoms with Crippen LogP contribution in [0.4, 0.5) is 5.69 Å². The van der Waals surface area contributed by atoms with Crippen molar-refractivity contribution in [1.82, 2.24) is 15.1 Å². The van der Waals surface area contributed by atoms with Gasteiger partial charge in [-0.25, -0.2) is 0 Å². The van der Waals surface area contributed by atoms with Gasteiger partial charge in [0.1, 0.15) is 5.56 Å². The van der Waals surface area contributed by atoms with Gasteiger partial charge in [-0.3, -0.25) is 14.3 Å². The highest BCUT2D eigenvalue weighted by molar-refractivity contribution is 6.00. The predicted octanol–water partition coefficient (Wildman–Crippen LogP) is 1.11. The summed E-state index contributed by atoms with van der Waals surface area (Å²) in [5.74, 6) is -0.495. The average Bonchev–Trinajstić information content (AvgIpc) is 2.86. The number of aromatic nitrogens is 2. The van der Waals surface area contributed by atoms with E-state index in [1.165, 1.54) is 18.0 Å². The van der Waals surface area contributed by atoms with Crippen molar-refractivity contribution < 1.29 is 14.3 Å². The van der Waals surface area contributed by atoms with Crippen molar-refractivity contribution in [3.63, 3.8) is 0 Å². The largest absolute Gasteiger partial charge is 0.479 e. The topological polar surface area (TPSA) is 85.2 Å². The molecule has 0 aliphatic carbocycles. The summed E-state index contributed by atoms with van der Waals surface area (Å²) in [6, 6.07) is 7.43. The SMILES string of the molecule is COc1nn(C)cc1C(=O)NCC(=O)Nc1cccc(C)c1. The Bertz CT molecular complexity index is 694. The average molecular weight is 302 g/mol. The summed E-state index contributed by atoms with van der Waals surface area (Å²) in [7, 11) is 3.12. The second-order valence-electron chi connectivity index (χ2n) is 4.83. The Hall–Kier alpha value is -2.83. The molecule has 0 saturated carbocycles. The van der Waals surface area contributed by atoms with Crippen molar-refractivity contribution in [3.05, 3.63) is 41.6 Å². The van der Waals surface area contributed by atoms with Gasteiger partial charge >= 0.3 is 0 Å². The zero-order valence-corrected chi connectivity index (χ0v) is 12.7. The third kappa shape index (κ3) is 3.85. The molecule has 1 heterocycles. The fourth-order valence-corrected chi connectivity index (χ4v) is 1.96. The molecule has 0 spiro atoms. The molecule has 22 heavy (non-hydrogen) atoms. The molecule has 0 saturated heterocycles. The first kappa shape index (κ1) is 15.6. The number of rotatable bonds is 5. The van der Waals surface area contributed by atoms with Crippen LogP contribution in [0.5, 0.6) is 5.88 Å². The van der Waals surface area contributed by atoms with Gasteiger partial charge in [0.2, 0.25) is 11.8 Å². The van der Waals surface area contributed by atoms with Crippen LogP contribution in [-0.2, 0) is 11.8 Å². The van der Waals surface area contributed by atoms with E-state index in [4.69, 9.17) is 4.74 Å². The molecule has 7 nitrogen and oxygen atoms in total. The number of nitrogens with one attached hydrogen (secondary N) is 2. The third-order valence-electron chi connectivity index (χ3n) is 2.94. The van der Waals surface area contributed by atoms with E-state index < -0.39 is 5.91 Å². The van der Waals surface area contributed by atoms with E-state index in [1.54, 1.807) is 13.1 Å². The van der Waals surface area contributed by atoms with Gasteiger partial charge in [0.25, 0.3) is 5.91 Å². The van der Waals surface area contributed by atoms with Gasteiger partial charge in [0, 0.05) is 18.9 Å². The Morgan fingerprint density at radius 1 is 1.36 bits per heavy atom. The molecule has 7 heteroatoms. The first-order valence-corrected chi connectivity index (χ1v) is 6.72.